The lowest BCUT2D eigenvalue weighted by Gasteiger charge is -2.14. The lowest BCUT2D eigenvalue weighted by atomic mass is 9.90. The van der Waals surface area contributed by atoms with Crippen LogP contribution in [0.1, 0.15) is 52.9 Å². The van der Waals surface area contributed by atoms with Crippen LogP contribution in [0.15, 0.2) is 0 Å². The molecule has 1 unspecified atom stereocenters. The number of hydrogen-bond donors (Lipinski definition) is 0. The average molecular weight is 184 g/mol. The molecule has 1 aliphatic carbocycles. The third kappa shape index (κ3) is 6.50. The summed E-state index contributed by atoms with van der Waals surface area (Å²) in [6.07, 6.45) is 5.01. The Morgan fingerprint density at radius 3 is 2.23 bits per heavy atom. The van der Waals surface area contributed by atoms with Gasteiger partial charge in [0.05, 0.1) is 0 Å². The van der Waals surface area contributed by atoms with E-state index in [9.17, 15) is 9.59 Å². The van der Waals surface area contributed by atoms with Crippen molar-refractivity contribution < 1.29 is 9.59 Å². The molecule has 0 saturated heterocycles. The third-order valence-electron chi connectivity index (χ3n) is 2.36. The van der Waals surface area contributed by atoms with E-state index < -0.39 is 0 Å². The van der Waals surface area contributed by atoms with Crippen molar-refractivity contribution in [3.8, 4) is 0 Å². The molecule has 1 rings (SSSR count). The molecular weight excluding hydrogens is 164 g/mol. The molecule has 0 bridgehead atoms. The van der Waals surface area contributed by atoms with E-state index in [1.807, 2.05) is 13.8 Å². The number of Topliss-reactive ketones (excluding diaryl/α,β-unsaturated/α-hetero) is 2. The Balaban J connectivity index is 0.000000252. The van der Waals surface area contributed by atoms with Gasteiger partial charge < -0.3 is 4.79 Å². The van der Waals surface area contributed by atoms with Crippen LogP contribution < -0.4 is 0 Å². The van der Waals surface area contributed by atoms with E-state index in [4.69, 9.17) is 0 Å². The van der Waals surface area contributed by atoms with Crippen LogP contribution in [0.25, 0.3) is 0 Å². The van der Waals surface area contributed by atoms with Gasteiger partial charge in [-0.15, -0.1) is 0 Å². The molecule has 2 heteroatoms. The largest absolute Gasteiger partial charge is 0.300 e. The molecule has 0 spiro atoms. The summed E-state index contributed by atoms with van der Waals surface area (Å²) in [5, 5.41) is 0. The average Bonchev–Trinajstić information content (AvgIpc) is 2.11. The first-order valence-corrected chi connectivity index (χ1v) is 5.10. The summed E-state index contributed by atoms with van der Waals surface area (Å²) in [5.41, 5.74) is 0. The van der Waals surface area contributed by atoms with E-state index in [-0.39, 0.29) is 5.78 Å². The van der Waals surface area contributed by atoms with Crippen LogP contribution >= 0.6 is 0 Å². The molecule has 0 N–H and O–H groups in total. The highest BCUT2D eigenvalue weighted by molar-refractivity contribution is 5.81. The standard InChI is InChI=1S/C7H12O.C4H8O/c1-6-4-2-3-5-7(6)8;1-3-4(2)5/h6H,2-5H2,1H3;3H2,1-2H3. The predicted molar refractivity (Wildman–Crippen MR) is 53.6 cm³/mol. The highest BCUT2D eigenvalue weighted by atomic mass is 16.1. The maximum atomic E-state index is 10.8. The van der Waals surface area contributed by atoms with Gasteiger partial charge in [0, 0.05) is 18.8 Å². The van der Waals surface area contributed by atoms with Crippen LogP contribution in [-0.4, -0.2) is 11.6 Å². The van der Waals surface area contributed by atoms with Crippen LogP contribution in [-0.2, 0) is 9.59 Å². The fraction of sp³-hybridized carbons (Fsp3) is 0.818. The van der Waals surface area contributed by atoms with Crippen molar-refractivity contribution in [2.45, 2.75) is 52.9 Å². The second kappa shape index (κ2) is 6.81. The first-order valence-electron chi connectivity index (χ1n) is 5.10. The summed E-state index contributed by atoms with van der Waals surface area (Å²) in [6.45, 7) is 5.46. The normalized spacial score (nSPS) is 21.8. The summed E-state index contributed by atoms with van der Waals surface area (Å²) < 4.78 is 0. The van der Waals surface area contributed by atoms with Gasteiger partial charge in [0.1, 0.15) is 11.6 Å². The zero-order valence-electron chi connectivity index (χ0n) is 8.93. The van der Waals surface area contributed by atoms with Gasteiger partial charge in [-0.1, -0.05) is 20.3 Å². The Labute approximate surface area is 80.7 Å². The fourth-order valence-corrected chi connectivity index (χ4v) is 1.16. The number of rotatable bonds is 1. The summed E-state index contributed by atoms with van der Waals surface area (Å²) >= 11 is 0. The van der Waals surface area contributed by atoms with Gasteiger partial charge in [0.15, 0.2) is 0 Å². The number of ketones is 2. The van der Waals surface area contributed by atoms with Crippen molar-refractivity contribution in [1.82, 2.24) is 0 Å². The zero-order valence-corrected chi connectivity index (χ0v) is 8.93. The summed E-state index contributed by atoms with van der Waals surface area (Å²) in [6, 6.07) is 0. The van der Waals surface area contributed by atoms with Crippen molar-refractivity contribution in [3.63, 3.8) is 0 Å². The highest BCUT2D eigenvalue weighted by Crippen LogP contribution is 2.18. The smallest absolute Gasteiger partial charge is 0.135 e. The molecule has 1 fully saturated rings. The second-order valence-corrected chi connectivity index (χ2v) is 3.67. The van der Waals surface area contributed by atoms with E-state index in [0.29, 0.717) is 18.1 Å². The van der Waals surface area contributed by atoms with E-state index in [1.54, 1.807) is 6.92 Å². The highest BCUT2D eigenvalue weighted by Gasteiger charge is 2.16. The molecule has 13 heavy (non-hydrogen) atoms. The minimum Gasteiger partial charge on any atom is -0.300 e. The fourth-order valence-electron chi connectivity index (χ4n) is 1.16. The molecule has 0 aromatic rings. The molecule has 0 aromatic carbocycles. The molecule has 0 radical (unpaired) electrons. The summed E-state index contributed by atoms with van der Waals surface area (Å²) in [4.78, 5) is 20.6. The lowest BCUT2D eigenvalue weighted by molar-refractivity contribution is -0.124. The molecule has 0 amide bonds. The van der Waals surface area contributed by atoms with Crippen molar-refractivity contribution in [1.29, 1.82) is 0 Å². The van der Waals surface area contributed by atoms with Crippen molar-refractivity contribution in [2.75, 3.05) is 0 Å². The van der Waals surface area contributed by atoms with Crippen LogP contribution in [0.5, 0.6) is 0 Å². The van der Waals surface area contributed by atoms with Crippen molar-refractivity contribution >= 4 is 11.6 Å². The van der Waals surface area contributed by atoms with Crippen LogP contribution in [0.4, 0.5) is 0 Å². The minimum absolute atomic E-state index is 0.255. The van der Waals surface area contributed by atoms with Gasteiger partial charge in [0.2, 0.25) is 0 Å². The molecule has 1 atom stereocenters. The molecule has 0 aromatic heterocycles. The molecule has 0 heterocycles. The zero-order chi connectivity index (χ0) is 10.3. The first kappa shape index (κ1) is 12.3. The Hall–Kier alpha value is -0.660. The minimum atomic E-state index is 0.255. The lowest BCUT2D eigenvalue weighted by Crippen LogP contribution is -2.14. The molecule has 76 valence electrons. The Bertz CT molecular complexity index is 173. The Morgan fingerprint density at radius 2 is 2.00 bits per heavy atom. The second-order valence-electron chi connectivity index (χ2n) is 3.67. The van der Waals surface area contributed by atoms with Crippen LogP contribution in [0.3, 0.4) is 0 Å². The Kier molecular flexibility index (Phi) is 6.47. The molecule has 1 saturated carbocycles. The molecule has 2 nitrogen and oxygen atoms in total. The predicted octanol–water partition coefficient (Wildman–Crippen LogP) is 2.75. The maximum Gasteiger partial charge on any atom is 0.135 e. The van der Waals surface area contributed by atoms with Crippen LogP contribution in [0, 0.1) is 5.92 Å². The van der Waals surface area contributed by atoms with E-state index in [2.05, 4.69) is 0 Å². The number of carbonyl (C=O) groups excluding carboxylic acids is 2. The number of carbonyl (C=O) groups is 2. The van der Waals surface area contributed by atoms with Gasteiger partial charge in [0.25, 0.3) is 0 Å². The monoisotopic (exact) mass is 184 g/mol. The molecular formula is C11H20O2. The van der Waals surface area contributed by atoms with Gasteiger partial charge >= 0.3 is 0 Å². The first-order chi connectivity index (χ1) is 6.07. The summed E-state index contributed by atoms with van der Waals surface area (Å²) in [5.74, 6) is 1.09. The van der Waals surface area contributed by atoms with E-state index >= 15 is 0 Å². The third-order valence-corrected chi connectivity index (χ3v) is 2.36. The van der Waals surface area contributed by atoms with Gasteiger partial charge in [-0.25, -0.2) is 0 Å². The quantitative estimate of drug-likeness (QED) is 0.628. The SMILES string of the molecule is CC1CCCCC1=O.CCC(C)=O. The van der Waals surface area contributed by atoms with E-state index in [0.717, 1.165) is 19.3 Å². The van der Waals surface area contributed by atoms with Crippen molar-refractivity contribution in [3.05, 3.63) is 0 Å². The maximum absolute atomic E-state index is 10.8. The molecule has 0 aliphatic heterocycles. The summed E-state index contributed by atoms with van der Waals surface area (Å²) in [7, 11) is 0. The Morgan fingerprint density at radius 1 is 1.46 bits per heavy atom. The van der Waals surface area contributed by atoms with Crippen molar-refractivity contribution in [2.24, 2.45) is 5.92 Å². The van der Waals surface area contributed by atoms with Crippen LogP contribution in [0.2, 0.25) is 0 Å². The van der Waals surface area contributed by atoms with Gasteiger partial charge in [-0.2, -0.15) is 0 Å². The van der Waals surface area contributed by atoms with Gasteiger partial charge in [-0.05, 0) is 19.8 Å². The van der Waals surface area contributed by atoms with Gasteiger partial charge in [-0.3, -0.25) is 4.79 Å². The number of hydrogen-bond acceptors (Lipinski definition) is 2. The topological polar surface area (TPSA) is 34.1 Å². The molecule has 1 aliphatic rings. The van der Waals surface area contributed by atoms with E-state index in [1.165, 1.54) is 6.42 Å².